The Kier molecular flexibility index (Phi) is 5.77. The molecule has 1 unspecified atom stereocenters. The van der Waals surface area contributed by atoms with Gasteiger partial charge in [0.2, 0.25) is 0 Å². The van der Waals surface area contributed by atoms with Gasteiger partial charge >= 0.3 is 0 Å². The fourth-order valence-corrected chi connectivity index (χ4v) is 3.92. The Morgan fingerprint density at radius 2 is 2.00 bits per heavy atom. The molecular weight excluding hydrogens is 333 g/mol. The minimum absolute atomic E-state index is 0.00646. The Morgan fingerprint density at radius 1 is 1.33 bits per heavy atom. The standard InChI is InChI=1S/C16H25BrFN3/c1-21(2)16(8-4-3-5-9-16)15(20-19)10-12-6-7-13(17)11-14(12)18/h6-7,11,15,20H,3-5,8-10,19H2,1-2H3. The third-order valence-corrected chi connectivity index (χ3v) is 5.39. The molecule has 0 aliphatic heterocycles. The summed E-state index contributed by atoms with van der Waals surface area (Å²) in [6.45, 7) is 0. The average Bonchev–Trinajstić information content (AvgIpc) is 2.47. The van der Waals surface area contributed by atoms with Crippen molar-refractivity contribution >= 4 is 15.9 Å². The van der Waals surface area contributed by atoms with E-state index in [1.165, 1.54) is 25.3 Å². The van der Waals surface area contributed by atoms with Gasteiger partial charge in [-0.3, -0.25) is 11.3 Å². The molecular formula is C16H25BrFN3. The number of nitrogens with one attached hydrogen (secondary N) is 1. The quantitative estimate of drug-likeness (QED) is 0.627. The second kappa shape index (κ2) is 7.18. The molecule has 0 aromatic heterocycles. The Balaban J connectivity index is 2.24. The van der Waals surface area contributed by atoms with E-state index in [0.717, 1.165) is 17.3 Å². The molecule has 0 amide bonds. The van der Waals surface area contributed by atoms with Crippen LogP contribution < -0.4 is 11.3 Å². The van der Waals surface area contributed by atoms with Crippen LogP contribution in [0.15, 0.2) is 22.7 Å². The predicted molar refractivity (Wildman–Crippen MR) is 88.4 cm³/mol. The van der Waals surface area contributed by atoms with E-state index in [1.807, 2.05) is 12.1 Å². The number of nitrogens with two attached hydrogens (primary N) is 1. The van der Waals surface area contributed by atoms with Gasteiger partial charge in [0, 0.05) is 16.1 Å². The zero-order chi connectivity index (χ0) is 15.5. The van der Waals surface area contributed by atoms with Crippen molar-refractivity contribution in [2.45, 2.75) is 50.1 Å². The number of hydrogen-bond acceptors (Lipinski definition) is 3. The van der Waals surface area contributed by atoms with Gasteiger partial charge in [0.15, 0.2) is 0 Å². The first-order valence-electron chi connectivity index (χ1n) is 7.57. The Hall–Kier alpha value is -0.490. The summed E-state index contributed by atoms with van der Waals surface area (Å²) in [6, 6.07) is 5.29. The molecule has 0 saturated heterocycles. The van der Waals surface area contributed by atoms with E-state index in [-0.39, 0.29) is 17.4 Å². The molecule has 1 atom stereocenters. The van der Waals surface area contributed by atoms with Crippen LogP contribution in [0.3, 0.4) is 0 Å². The first-order chi connectivity index (χ1) is 9.99. The third-order valence-electron chi connectivity index (χ3n) is 4.90. The van der Waals surface area contributed by atoms with Crippen molar-refractivity contribution in [3.05, 3.63) is 34.1 Å². The van der Waals surface area contributed by atoms with Gasteiger partial charge in [-0.1, -0.05) is 41.3 Å². The highest BCUT2D eigenvalue weighted by Crippen LogP contribution is 2.36. The molecule has 3 nitrogen and oxygen atoms in total. The van der Waals surface area contributed by atoms with Crippen LogP contribution in [0.2, 0.25) is 0 Å². The van der Waals surface area contributed by atoms with Crippen LogP contribution >= 0.6 is 15.9 Å². The lowest BCUT2D eigenvalue weighted by Crippen LogP contribution is -2.62. The van der Waals surface area contributed by atoms with E-state index < -0.39 is 0 Å². The molecule has 1 saturated carbocycles. The van der Waals surface area contributed by atoms with Crippen molar-refractivity contribution in [3.63, 3.8) is 0 Å². The highest BCUT2D eigenvalue weighted by molar-refractivity contribution is 9.10. The zero-order valence-electron chi connectivity index (χ0n) is 12.8. The van der Waals surface area contributed by atoms with E-state index in [2.05, 4.69) is 40.4 Å². The predicted octanol–water partition coefficient (Wildman–Crippen LogP) is 3.23. The summed E-state index contributed by atoms with van der Waals surface area (Å²) in [6.07, 6.45) is 6.51. The summed E-state index contributed by atoms with van der Waals surface area (Å²) < 4.78 is 14.9. The van der Waals surface area contributed by atoms with Gasteiger partial charge < -0.3 is 4.90 Å². The van der Waals surface area contributed by atoms with E-state index in [1.54, 1.807) is 0 Å². The maximum absolute atomic E-state index is 14.1. The molecule has 0 spiro atoms. The van der Waals surface area contributed by atoms with Crippen LogP contribution in [0.4, 0.5) is 4.39 Å². The lowest BCUT2D eigenvalue weighted by molar-refractivity contribution is 0.0566. The second-order valence-corrected chi connectivity index (χ2v) is 7.13. The summed E-state index contributed by atoms with van der Waals surface area (Å²) in [5.41, 5.74) is 3.69. The SMILES string of the molecule is CN(C)C1(C(Cc2ccc(Br)cc2F)NN)CCCCC1. The maximum Gasteiger partial charge on any atom is 0.127 e. The van der Waals surface area contributed by atoms with Crippen LogP contribution in [0.25, 0.3) is 0 Å². The molecule has 0 radical (unpaired) electrons. The molecule has 1 aromatic rings. The Morgan fingerprint density at radius 3 is 2.52 bits per heavy atom. The number of rotatable bonds is 5. The minimum atomic E-state index is -0.172. The molecule has 21 heavy (non-hydrogen) atoms. The molecule has 0 heterocycles. The van der Waals surface area contributed by atoms with E-state index in [4.69, 9.17) is 5.84 Å². The minimum Gasteiger partial charge on any atom is -0.302 e. The van der Waals surface area contributed by atoms with Crippen LogP contribution in [0, 0.1) is 5.82 Å². The Bertz CT molecular complexity index is 473. The molecule has 0 bridgehead atoms. The van der Waals surface area contributed by atoms with Crippen LogP contribution in [0.5, 0.6) is 0 Å². The molecule has 2 rings (SSSR count). The van der Waals surface area contributed by atoms with Gasteiger partial charge in [-0.15, -0.1) is 0 Å². The smallest absolute Gasteiger partial charge is 0.127 e. The zero-order valence-corrected chi connectivity index (χ0v) is 14.4. The van der Waals surface area contributed by atoms with Crippen molar-refractivity contribution in [2.24, 2.45) is 5.84 Å². The van der Waals surface area contributed by atoms with Gasteiger partial charge in [0.1, 0.15) is 5.82 Å². The molecule has 1 aliphatic carbocycles. The number of nitrogens with zero attached hydrogens (tertiary/aromatic N) is 1. The van der Waals surface area contributed by atoms with Crippen LogP contribution in [-0.4, -0.2) is 30.6 Å². The number of hydrazine groups is 1. The van der Waals surface area contributed by atoms with Gasteiger partial charge in [-0.05, 0) is 51.1 Å². The summed E-state index contributed by atoms with van der Waals surface area (Å²) in [7, 11) is 4.21. The van der Waals surface area contributed by atoms with E-state index in [0.29, 0.717) is 12.0 Å². The monoisotopic (exact) mass is 357 g/mol. The van der Waals surface area contributed by atoms with Gasteiger partial charge in [-0.25, -0.2) is 4.39 Å². The lowest BCUT2D eigenvalue weighted by atomic mass is 9.73. The second-order valence-electron chi connectivity index (χ2n) is 6.22. The van der Waals surface area contributed by atoms with Crippen molar-refractivity contribution < 1.29 is 4.39 Å². The Labute approximate surface area is 135 Å². The largest absolute Gasteiger partial charge is 0.302 e. The van der Waals surface area contributed by atoms with Crippen LogP contribution in [-0.2, 0) is 6.42 Å². The molecule has 3 N–H and O–H groups in total. The number of halogens is 2. The topological polar surface area (TPSA) is 41.3 Å². The van der Waals surface area contributed by atoms with Crippen molar-refractivity contribution in [3.8, 4) is 0 Å². The van der Waals surface area contributed by atoms with Crippen LogP contribution in [0.1, 0.15) is 37.7 Å². The molecule has 118 valence electrons. The molecule has 1 aromatic carbocycles. The summed E-state index contributed by atoms with van der Waals surface area (Å²) in [4.78, 5) is 2.27. The summed E-state index contributed by atoms with van der Waals surface area (Å²) >= 11 is 3.30. The highest BCUT2D eigenvalue weighted by Gasteiger charge is 2.41. The van der Waals surface area contributed by atoms with Crippen molar-refractivity contribution in [1.82, 2.24) is 10.3 Å². The summed E-state index contributed by atoms with van der Waals surface area (Å²) in [5.74, 6) is 5.67. The first kappa shape index (κ1) is 16.9. The fraction of sp³-hybridized carbons (Fsp3) is 0.625. The molecule has 1 aliphatic rings. The van der Waals surface area contributed by atoms with Crippen molar-refractivity contribution in [1.29, 1.82) is 0 Å². The summed E-state index contributed by atoms with van der Waals surface area (Å²) in [5, 5.41) is 0. The molecule has 5 heteroatoms. The number of benzene rings is 1. The van der Waals surface area contributed by atoms with Gasteiger partial charge in [0.25, 0.3) is 0 Å². The normalized spacial score (nSPS) is 19.7. The molecule has 1 fully saturated rings. The van der Waals surface area contributed by atoms with Gasteiger partial charge in [0.05, 0.1) is 0 Å². The van der Waals surface area contributed by atoms with Gasteiger partial charge in [-0.2, -0.15) is 0 Å². The average molecular weight is 358 g/mol. The fourth-order valence-electron chi connectivity index (χ4n) is 3.58. The van der Waals surface area contributed by atoms with E-state index >= 15 is 0 Å². The lowest BCUT2D eigenvalue weighted by Gasteiger charge is -2.48. The third kappa shape index (κ3) is 3.65. The van der Waals surface area contributed by atoms with E-state index in [9.17, 15) is 4.39 Å². The van der Waals surface area contributed by atoms with Crippen molar-refractivity contribution in [2.75, 3.05) is 14.1 Å². The maximum atomic E-state index is 14.1. The number of likely N-dealkylation sites (N-methyl/N-ethyl adjacent to an activating group) is 1. The number of hydrogen-bond donors (Lipinski definition) is 2. The first-order valence-corrected chi connectivity index (χ1v) is 8.36. The highest BCUT2D eigenvalue weighted by atomic mass is 79.9.